The van der Waals surface area contributed by atoms with Gasteiger partial charge in [-0.15, -0.1) is 0 Å². The molecule has 0 saturated heterocycles. The van der Waals surface area contributed by atoms with Gasteiger partial charge in [-0.25, -0.2) is 4.79 Å². The molecule has 0 aliphatic rings. The molecule has 0 aromatic rings. The fraction of sp³-hybridized carbons (Fsp3) is 0.960. The first-order chi connectivity index (χ1) is 15.9. The summed E-state index contributed by atoms with van der Waals surface area (Å²) in [5, 5.41) is 18.9. The molecule has 4 unspecified atom stereocenters. The van der Waals surface area contributed by atoms with Crippen LogP contribution in [0.15, 0.2) is 0 Å². The van der Waals surface area contributed by atoms with Gasteiger partial charge in [0, 0.05) is 11.9 Å². The monoisotopic (exact) mass is 509 g/mol. The highest BCUT2D eigenvalue weighted by molar-refractivity contribution is 7.99. The second kappa shape index (κ2) is 22.3. The second-order valence-corrected chi connectivity index (χ2v) is 11.1. The van der Waals surface area contributed by atoms with Crippen molar-refractivity contribution in [3.05, 3.63) is 0 Å². The lowest BCUT2D eigenvalue weighted by molar-refractivity contribution is -0.190. The average molecular weight is 510 g/mol. The number of ether oxygens (including phenoxy) is 2. The average Bonchev–Trinajstić information content (AvgIpc) is 2.80. The Labute approximate surface area is 208 Å². The zero-order valence-electron chi connectivity index (χ0n) is 21.3. The number of carbonyl (C=O) groups is 1. The van der Waals surface area contributed by atoms with Crippen LogP contribution in [0.5, 0.6) is 0 Å². The quantitative estimate of drug-likeness (QED) is 0.0766. The van der Waals surface area contributed by atoms with Crippen LogP contribution >= 0.6 is 20.2 Å². The van der Waals surface area contributed by atoms with Gasteiger partial charge in [0.05, 0.1) is 12.7 Å². The van der Waals surface area contributed by atoms with E-state index in [1.165, 1.54) is 89.2 Å². The minimum atomic E-state index is -2.61. The molecule has 4 atom stereocenters. The maximum atomic E-state index is 10.9. The Bertz CT molecular complexity index is 482. The van der Waals surface area contributed by atoms with Crippen molar-refractivity contribution in [3.8, 4) is 0 Å². The van der Waals surface area contributed by atoms with Gasteiger partial charge in [-0.2, -0.15) is 11.8 Å². The standard InChI is InChI=1S/C25H49O6PS/c1-4-6-8-10-11-12-13-14-16-21-33-23(18-15-9-7-5-2)22(3)30-19-17-20-31-25(28,32-29)24(26)27/h22-23,28H,4-21H2,1-3H3,(H,26,27)/p+1. The van der Waals surface area contributed by atoms with Crippen molar-refractivity contribution >= 4 is 26.2 Å². The molecule has 0 heterocycles. The van der Waals surface area contributed by atoms with Gasteiger partial charge in [-0.3, -0.25) is 0 Å². The number of carboxylic acids is 1. The molecule has 2 N–H and O–H groups in total. The van der Waals surface area contributed by atoms with Gasteiger partial charge in [-0.1, -0.05) is 95.5 Å². The number of unbranched alkanes of at least 4 members (excludes halogenated alkanes) is 11. The summed E-state index contributed by atoms with van der Waals surface area (Å²) in [5.74, 6) is -0.466. The van der Waals surface area contributed by atoms with Gasteiger partial charge in [0.25, 0.3) is 0 Å². The van der Waals surface area contributed by atoms with Gasteiger partial charge in [0.1, 0.15) is 0 Å². The summed E-state index contributed by atoms with van der Waals surface area (Å²) < 4.78 is 21.8. The molecule has 0 saturated carbocycles. The topological polar surface area (TPSA) is 93.1 Å². The number of hydrogen-bond donors (Lipinski definition) is 2. The SMILES string of the molecule is CCCCCCCCCCCSC(CCCCCC)C(C)OCCCOC(O)([PH+]=O)C(=O)O. The molecule has 0 aromatic heterocycles. The molecule has 0 aromatic carbocycles. The summed E-state index contributed by atoms with van der Waals surface area (Å²) in [6.45, 7) is 7.00. The zero-order valence-corrected chi connectivity index (χ0v) is 23.1. The minimum Gasteiger partial charge on any atom is -0.474 e. The number of hydrogen-bond acceptors (Lipinski definition) is 6. The third kappa shape index (κ3) is 17.8. The predicted molar refractivity (Wildman–Crippen MR) is 140 cm³/mol. The summed E-state index contributed by atoms with van der Waals surface area (Å²) in [4.78, 5) is 10.9. The minimum absolute atomic E-state index is 0.0164. The Morgan fingerprint density at radius 3 is 1.97 bits per heavy atom. The van der Waals surface area contributed by atoms with Crippen molar-refractivity contribution in [1.29, 1.82) is 0 Å². The molecule has 0 aliphatic carbocycles. The van der Waals surface area contributed by atoms with E-state index < -0.39 is 20.0 Å². The highest BCUT2D eigenvalue weighted by atomic mass is 32.2. The van der Waals surface area contributed by atoms with Crippen molar-refractivity contribution in [1.82, 2.24) is 0 Å². The van der Waals surface area contributed by atoms with E-state index in [4.69, 9.17) is 14.6 Å². The van der Waals surface area contributed by atoms with Crippen molar-refractivity contribution in [2.45, 2.75) is 134 Å². The maximum absolute atomic E-state index is 10.9. The molecule has 0 aliphatic heterocycles. The Kier molecular flexibility index (Phi) is 22.1. The smallest absolute Gasteiger partial charge is 0.470 e. The first kappa shape index (κ1) is 32.8. The number of rotatable bonds is 25. The van der Waals surface area contributed by atoms with Crippen molar-refractivity contribution in [2.24, 2.45) is 0 Å². The van der Waals surface area contributed by atoms with Crippen molar-refractivity contribution < 1.29 is 29.0 Å². The van der Waals surface area contributed by atoms with E-state index in [0.717, 1.165) is 6.42 Å². The Hall–Kier alpha value is -0.200. The van der Waals surface area contributed by atoms with E-state index >= 15 is 0 Å². The molecule has 0 amide bonds. The van der Waals surface area contributed by atoms with E-state index in [-0.39, 0.29) is 12.7 Å². The fourth-order valence-corrected chi connectivity index (χ4v) is 5.27. The van der Waals surface area contributed by atoms with E-state index in [1.807, 2.05) is 11.8 Å². The van der Waals surface area contributed by atoms with Crippen LogP contribution in [0.4, 0.5) is 0 Å². The van der Waals surface area contributed by atoms with Crippen LogP contribution < -0.4 is 0 Å². The molecule has 196 valence electrons. The van der Waals surface area contributed by atoms with Crippen LogP contribution in [-0.2, 0) is 18.8 Å². The van der Waals surface area contributed by atoms with Crippen LogP contribution in [0.3, 0.4) is 0 Å². The number of thioether (sulfide) groups is 1. The predicted octanol–water partition coefficient (Wildman–Crippen LogP) is 7.16. The van der Waals surface area contributed by atoms with E-state index in [0.29, 0.717) is 18.3 Å². The lowest BCUT2D eigenvalue weighted by Gasteiger charge is -2.24. The largest absolute Gasteiger partial charge is 0.474 e. The molecule has 0 radical (unpaired) electrons. The Morgan fingerprint density at radius 1 is 0.879 bits per heavy atom. The second-order valence-electron chi connectivity index (χ2n) is 8.92. The molecule has 0 rings (SSSR count). The normalized spacial score (nSPS) is 15.4. The van der Waals surface area contributed by atoms with Gasteiger partial charge in [0.2, 0.25) is 0 Å². The number of aliphatic hydroxyl groups is 1. The molecule has 0 spiro atoms. The molecular weight excluding hydrogens is 459 g/mol. The molecule has 6 nitrogen and oxygen atoms in total. The third-order valence-corrected chi connectivity index (χ3v) is 8.06. The lowest BCUT2D eigenvalue weighted by atomic mass is 10.1. The van der Waals surface area contributed by atoms with E-state index in [2.05, 4.69) is 20.8 Å². The molecule has 8 heteroatoms. The van der Waals surface area contributed by atoms with Crippen LogP contribution in [0.2, 0.25) is 0 Å². The Balaban J connectivity index is 4.15. The van der Waals surface area contributed by atoms with E-state index in [9.17, 15) is 14.5 Å². The first-order valence-corrected chi connectivity index (χ1v) is 15.1. The van der Waals surface area contributed by atoms with Gasteiger partial charge >= 0.3 is 20.0 Å². The summed E-state index contributed by atoms with van der Waals surface area (Å²) in [7, 11) is -1.48. The molecule has 0 bridgehead atoms. The van der Waals surface area contributed by atoms with Crippen molar-refractivity contribution in [3.63, 3.8) is 0 Å². The fourth-order valence-electron chi connectivity index (χ4n) is 3.66. The maximum Gasteiger partial charge on any atom is 0.470 e. The highest BCUT2D eigenvalue weighted by Gasteiger charge is 2.47. The molecular formula is C25H50O6PS+. The van der Waals surface area contributed by atoms with Gasteiger partial charge in [-0.05, 0) is 31.9 Å². The van der Waals surface area contributed by atoms with Crippen LogP contribution in [0.25, 0.3) is 0 Å². The summed E-state index contributed by atoms with van der Waals surface area (Å²) in [6.07, 6.45) is 18.8. The van der Waals surface area contributed by atoms with E-state index in [1.54, 1.807) is 0 Å². The summed E-state index contributed by atoms with van der Waals surface area (Å²) >= 11 is 2.02. The first-order valence-electron chi connectivity index (χ1n) is 13.1. The number of aliphatic carboxylic acids is 1. The van der Waals surface area contributed by atoms with Crippen LogP contribution in [-0.4, -0.2) is 52.0 Å². The van der Waals surface area contributed by atoms with Crippen LogP contribution in [0.1, 0.15) is 117 Å². The summed E-state index contributed by atoms with van der Waals surface area (Å²) in [6, 6.07) is 0. The Morgan fingerprint density at radius 2 is 1.42 bits per heavy atom. The van der Waals surface area contributed by atoms with Gasteiger partial charge < -0.3 is 19.7 Å². The lowest BCUT2D eigenvalue weighted by Crippen LogP contribution is -2.36. The molecule has 33 heavy (non-hydrogen) atoms. The summed E-state index contributed by atoms with van der Waals surface area (Å²) in [5.41, 5.74) is -2.61. The van der Waals surface area contributed by atoms with Crippen molar-refractivity contribution in [2.75, 3.05) is 19.0 Å². The van der Waals surface area contributed by atoms with Gasteiger partial charge in [0.15, 0.2) is 0 Å². The number of carboxylic acid groups (broad SMARTS) is 1. The highest BCUT2D eigenvalue weighted by Crippen LogP contribution is 2.26. The third-order valence-electron chi connectivity index (χ3n) is 5.85. The zero-order chi connectivity index (χ0) is 24.8. The van der Waals surface area contributed by atoms with Crippen LogP contribution in [0, 0.1) is 0 Å². The molecule has 0 fully saturated rings.